The third-order valence-electron chi connectivity index (χ3n) is 4.47. The number of rotatable bonds is 5. The minimum atomic E-state index is -0.184. The van der Waals surface area contributed by atoms with E-state index in [9.17, 15) is 4.79 Å². The van der Waals surface area contributed by atoms with Crippen molar-refractivity contribution in [3.8, 4) is 5.75 Å². The van der Waals surface area contributed by atoms with E-state index in [1.54, 1.807) is 18.9 Å². The molecule has 0 N–H and O–H groups in total. The number of benzene rings is 2. The lowest BCUT2D eigenvalue weighted by atomic mass is 9.99. The van der Waals surface area contributed by atoms with E-state index >= 15 is 0 Å². The number of hydrogen-bond donors (Lipinski definition) is 0. The quantitative estimate of drug-likeness (QED) is 0.635. The zero-order valence-electron chi connectivity index (χ0n) is 15.6. The van der Waals surface area contributed by atoms with Gasteiger partial charge in [0.05, 0.1) is 23.2 Å². The van der Waals surface area contributed by atoms with Crippen molar-refractivity contribution in [3.05, 3.63) is 52.5 Å². The van der Waals surface area contributed by atoms with Crippen molar-refractivity contribution in [2.75, 3.05) is 44.9 Å². The van der Waals surface area contributed by atoms with Gasteiger partial charge in [-0.1, -0.05) is 18.2 Å². The molecule has 1 amide bonds. The van der Waals surface area contributed by atoms with E-state index in [-0.39, 0.29) is 24.2 Å². The Morgan fingerprint density at radius 3 is 2.67 bits per heavy atom. The molecule has 7 heteroatoms. The third-order valence-corrected chi connectivity index (χ3v) is 6.25. The number of thioether (sulfide) groups is 1. The molecule has 1 heterocycles. The summed E-state index contributed by atoms with van der Waals surface area (Å²) in [6.45, 7) is 1.50. The molecule has 146 valence electrons. The number of amides is 1. The molecule has 1 aliphatic rings. The molecule has 3 rings (SSSR count). The number of nitrogens with zero attached hydrogens (tertiary/aromatic N) is 2. The summed E-state index contributed by atoms with van der Waals surface area (Å²) < 4.78 is 6.19. The Balaban J connectivity index is 0.00000261. The van der Waals surface area contributed by atoms with Gasteiger partial charge in [-0.25, -0.2) is 0 Å². The molecule has 0 bridgehead atoms. The minimum Gasteiger partial charge on any atom is -0.496 e. The lowest BCUT2D eigenvalue weighted by Gasteiger charge is -2.27. The highest BCUT2D eigenvalue weighted by Crippen LogP contribution is 2.40. The highest BCUT2D eigenvalue weighted by atomic mass is 79.9. The fourth-order valence-corrected chi connectivity index (χ4v) is 4.76. The van der Waals surface area contributed by atoms with Crippen LogP contribution in [0.25, 0.3) is 0 Å². The molecule has 1 unspecified atom stereocenters. The van der Waals surface area contributed by atoms with Crippen molar-refractivity contribution in [1.82, 2.24) is 4.90 Å². The van der Waals surface area contributed by atoms with Gasteiger partial charge in [-0.3, -0.25) is 4.79 Å². The number of carbonyl (C=O) groups excluding carboxylic acids is 1. The van der Waals surface area contributed by atoms with Gasteiger partial charge in [0.15, 0.2) is 0 Å². The zero-order chi connectivity index (χ0) is 18.7. The number of anilines is 1. The van der Waals surface area contributed by atoms with Crippen LogP contribution in [-0.2, 0) is 4.79 Å². The minimum absolute atomic E-state index is 0. The Bertz CT molecular complexity index is 803. The third kappa shape index (κ3) is 4.99. The number of para-hydroxylation sites is 1. The van der Waals surface area contributed by atoms with Gasteiger partial charge >= 0.3 is 0 Å². The first-order valence-electron chi connectivity index (χ1n) is 8.52. The molecule has 0 saturated heterocycles. The Hall–Kier alpha value is -1.21. The number of hydrogen-bond acceptors (Lipinski definition) is 4. The maximum Gasteiger partial charge on any atom is 0.235 e. The smallest absolute Gasteiger partial charge is 0.235 e. The molecule has 1 atom stereocenters. The number of ether oxygens (including phenoxy) is 1. The number of methoxy groups -OCH3 is 1. The van der Waals surface area contributed by atoms with Crippen molar-refractivity contribution >= 4 is 51.7 Å². The molecule has 0 saturated carbocycles. The van der Waals surface area contributed by atoms with Crippen molar-refractivity contribution < 1.29 is 9.53 Å². The number of halogens is 2. The first-order chi connectivity index (χ1) is 12.5. The first kappa shape index (κ1) is 22.1. The van der Waals surface area contributed by atoms with Crippen molar-refractivity contribution in [3.63, 3.8) is 0 Å². The lowest BCUT2D eigenvalue weighted by molar-refractivity contribution is -0.119. The van der Waals surface area contributed by atoms with Crippen molar-refractivity contribution in [2.24, 2.45) is 0 Å². The molecular formula is C20H24BrClN2O2S. The van der Waals surface area contributed by atoms with Crippen molar-refractivity contribution in [2.45, 2.75) is 10.8 Å². The number of likely N-dealkylation sites (N-methyl/N-ethyl adjacent to an activating group) is 1. The van der Waals surface area contributed by atoms with Crippen LogP contribution < -0.4 is 9.64 Å². The molecule has 2 aromatic rings. The van der Waals surface area contributed by atoms with Gasteiger partial charge in [-0.2, -0.15) is 0 Å². The van der Waals surface area contributed by atoms with Crippen LogP contribution in [0.3, 0.4) is 0 Å². The first-order valence-corrected chi connectivity index (χ1v) is 10.3. The average Bonchev–Trinajstić information content (AvgIpc) is 2.76. The van der Waals surface area contributed by atoms with Crippen LogP contribution in [0.15, 0.2) is 51.8 Å². The standard InChI is InChI=1S/C20H23BrN2O2S.ClH/c1-22(2)10-11-23-17-6-4-5-7-19(17)26-13-15(20(23)24)14-8-9-18(25-3)16(21)12-14;/h4-9,12,15H,10-11,13H2,1-3H3;1H. The van der Waals surface area contributed by atoms with Crippen LogP contribution in [0.4, 0.5) is 5.69 Å². The Morgan fingerprint density at radius 2 is 2.00 bits per heavy atom. The second kappa shape index (κ2) is 9.82. The highest BCUT2D eigenvalue weighted by molar-refractivity contribution is 9.10. The van der Waals surface area contributed by atoms with E-state index in [1.165, 1.54) is 0 Å². The van der Waals surface area contributed by atoms with Gasteiger partial charge in [0.1, 0.15) is 5.75 Å². The summed E-state index contributed by atoms with van der Waals surface area (Å²) >= 11 is 5.29. The Labute approximate surface area is 179 Å². The summed E-state index contributed by atoms with van der Waals surface area (Å²) in [4.78, 5) is 18.6. The maximum absolute atomic E-state index is 13.4. The van der Waals surface area contributed by atoms with Crippen LogP contribution in [0.1, 0.15) is 11.5 Å². The molecule has 0 aliphatic carbocycles. The summed E-state index contributed by atoms with van der Waals surface area (Å²) in [6.07, 6.45) is 0. The summed E-state index contributed by atoms with van der Waals surface area (Å²) in [7, 11) is 5.70. The van der Waals surface area contributed by atoms with E-state index in [0.29, 0.717) is 6.54 Å². The Kier molecular flexibility index (Phi) is 8.04. The molecule has 27 heavy (non-hydrogen) atoms. The summed E-state index contributed by atoms with van der Waals surface area (Å²) in [5.74, 6) is 1.47. The number of fused-ring (bicyclic) bond motifs is 1. The van der Waals surface area contributed by atoms with Gasteiger partial charge in [-0.15, -0.1) is 24.2 Å². The van der Waals surface area contributed by atoms with Gasteiger partial charge in [0.25, 0.3) is 0 Å². The van der Waals surface area contributed by atoms with Crippen LogP contribution in [-0.4, -0.2) is 50.9 Å². The van der Waals surface area contributed by atoms with Crippen LogP contribution in [0.2, 0.25) is 0 Å². The van der Waals surface area contributed by atoms with Crippen LogP contribution in [0.5, 0.6) is 5.75 Å². The average molecular weight is 472 g/mol. The predicted molar refractivity (Wildman–Crippen MR) is 119 cm³/mol. The molecule has 2 aromatic carbocycles. The van der Waals surface area contributed by atoms with E-state index in [0.717, 1.165) is 38.7 Å². The molecule has 0 spiro atoms. The summed E-state index contributed by atoms with van der Waals surface area (Å²) in [5, 5.41) is 0. The highest BCUT2D eigenvalue weighted by Gasteiger charge is 2.32. The number of carbonyl (C=O) groups is 1. The summed E-state index contributed by atoms with van der Waals surface area (Å²) in [5.41, 5.74) is 2.03. The molecule has 0 radical (unpaired) electrons. The molecular weight excluding hydrogens is 448 g/mol. The van der Waals surface area contributed by atoms with Gasteiger partial charge in [-0.05, 0) is 59.9 Å². The fraction of sp³-hybridized carbons (Fsp3) is 0.350. The van der Waals surface area contributed by atoms with Gasteiger partial charge in [0.2, 0.25) is 5.91 Å². The normalized spacial score (nSPS) is 16.6. The van der Waals surface area contributed by atoms with Crippen molar-refractivity contribution in [1.29, 1.82) is 0 Å². The largest absolute Gasteiger partial charge is 0.496 e. The summed E-state index contributed by atoms with van der Waals surface area (Å²) in [6, 6.07) is 14.1. The van der Waals surface area contributed by atoms with E-state index < -0.39 is 0 Å². The van der Waals surface area contributed by atoms with Crippen LogP contribution in [0, 0.1) is 0 Å². The lowest BCUT2D eigenvalue weighted by Crippen LogP contribution is -2.39. The molecule has 1 aliphatic heterocycles. The SMILES string of the molecule is COc1ccc(C2CSc3ccccc3N(CCN(C)C)C2=O)cc1Br.Cl. The zero-order valence-corrected chi connectivity index (χ0v) is 18.9. The fourth-order valence-electron chi connectivity index (χ4n) is 3.02. The predicted octanol–water partition coefficient (Wildman–Crippen LogP) is 4.66. The van der Waals surface area contributed by atoms with Gasteiger partial charge in [0, 0.05) is 23.7 Å². The van der Waals surface area contributed by atoms with E-state index in [4.69, 9.17) is 4.74 Å². The molecule has 4 nitrogen and oxygen atoms in total. The molecule has 0 fully saturated rings. The van der Waals surface area contributed by atoms with E-state index in [2.05, 4.69) is 26.9 Å². The monoisotopic (exact) mass is 470 g/mol. The maximum atomic E-state index is 13.4. The topological polar surface area (TPSA) is 32.8 Å². The van der Waals surface area contributed by atoms with Crippen LogP contribution >= 0.6 is 40.1 Å². The van der Waals surface area contributed by atoms with Gasteiger partial charge < -0.3 is 14.5 Å². The second-order valence-corrected chi connectivity index (χ2v) is 8.43. The Morgan fingerprint density at radius 1 is 1.26 bits per heavy atom. The van der Waals surface area contributed by atoms with E-state index in [1.807, 2.05) is 55.4 Å². The molecule has 0 aromatic heterocycles. The second-order valence-electron chi connectivity index (χ2n) is 6.52.